The lowest BCUT2D eigenvalue weighted by Gasteiger charge is -2.19. The molecule has 0 spiro atoms. The molecule has 0 aliphatic heterocycles. The summed E-state index contributed by atoms with van der Waals surface area (Å²) < 4.78 is 27.5. The molecule has 3 rings (SSSR count). The van der Waals surface area contributed by atoms with Crippen molar-refractivity contribution in [3.05, 3.63) is 52.2 Å². The van der Waals surface area contributed by atoms with Crippen LogP contribution in [0.15, 0.2) is 46.7 Å². The first-order valence-electron chi connectivity index (χ1n) is 8.62. The molecule has 148 valence electrons. The number of amides is 1. The summed E-state index contributed by atoms with van der Waals surface area (Å²) in [5.74, 6) is 0.0315. The summed E-state index contributed by atoms with van der Waals surface area (Å²) in [5.41, 5.74) is 6.09. The Morgan fingerprint density at radius 2 is 2.04 bits per heavy atom. The number of hydrogen-bond acceptors (Lipinski definition) is 5. The van der Waals surface area contributed by atoms with Gasteiger partial charge in [-0.15, -0.1) is 23.7 Å². The van der Waals surface area contributed by atoms with Gasteiger partial charge in [0, 0.05) is 23.0 Å². The standard InChI is InChI=1S/C18H23N3O3S2.ClH/c19-11-14-5-2-8-17(14)21-18(22)13-4-1-7-16(10-13)26(23,24)20-12-15-6-3-9-25-15;/h1,3-4,6-7,9-10,14,17,20H,2,5,8,11-12,19H2,(H,21,22);1H. The van der Waals surface area contributed by atoms with Gasteiger partial charge >= 0.3 is 0 Å². The highest BCUT2D eigenvalue weighted by Crippen LogP contribution is 2.25. The lowest BCUT2D eigenvalue weighted by molar-refractivity contribution is 0.0928. The third-order valence-electron chi connectivity index (χ3n) is 4.70. The first-order valence-corrected chi connectivity index (χ1v) is 11.0. The van der Waals surface area contributed by atoms with Crippen LogP contribution in [0, 0.1) is 5.92 Å². The van der Waals surface area contributed by atoms with Crippen LogP contribution in [0.4, 0.5) is 0 Å². The van der Waals surface area contributed by atoms with E-state index in [1.807, 2.05) is 17.5 Å². The molecule has 1 saturated carbocycles. The Morgan fingerprint density at radius 3 is 2.74 bits per heavy atom. The number of sulfonamides is 1. The number of benzene rings is 1. The zero-order chi connectivity index (χ0) is 18.6. The van der Waals surface area contributed by atoms with Gasteiger partial charge in [0.2, 0.25) is 10.0 Å². The number of rotatable bonds is 7. The number of thiophene rings is 1. The van der Waals surface area contributed by atoms with E-state index in [0.29, 0.717) is 18.0 Å². The predicted octanol–water partition coefficient (Wildman–Crippen LogP) is 2.51. The molecule has 0 bridgehead atoms. The van der Waals surface area contributed by atoms with Crippen LogP contribution in [0.1, 0.15) is 34.5 Å². The van der Waals surface area contributed by atoms with E-state index >= 15 is 0 Å². The molecule has 1 fully saturated rings. The van der Waals surface area contributed by atoms with Crippen molar-refractivity contribution in [1.82, 2.24) is 10.0 Å². The van der Waals surface area contributed by atoms with Crippen molar-refractivity contribution in [2.24, 2.45) is 11.7 Å². The van der Waals surface area contributed by atoms with E-state index in [1.165, 1.54) is 23.5 Å². The van der Waals surface area contributed by atoms with Crippen molar-refractivity contribution < 1.29 is 13.2 Å². The van der Waals surface area contributed by atoms with E-state index in [4.69, 9.17) is 5.73 Å². The molecular weight excluding hydrogens is 406 g/mol. The Labute approximate surface area is 170 Å². The third-order valence-corrected chi connectivity index (χ3v) is 6.98. The quantitative estimate of drug-likeness (QED) is 0.629. The van der Waals surface area contributed by atoms with Gasteiger partial charge < -0.3 is 11.1 Å². The molecule has 2 unspecified atom stereocenters. The van der Waals surface area contributed by atoms with Crippen LogP contribution >= 0.6 is 23.7 Å². The monoisotopic (exact) mass is 429 g/mol. The third kappa shape index (κ3) is 5.52. The highest BCUT2D eigenvalue weighted by Gasteiger charge is 2.28. The average Bonchev–Trinajstić information content (AvgIpc) is 3.31. The summed E-state index contributed by atoms with van der Waals surface area (Å²) in [7, 11) is -3.68. The van der Waals surface area contributed by atoms with E-state index in [0.717, 1.165) is 24.1 Å². The number of carbonyl (C=O) groups excluding carboxylic acids is 1. The molecule has 0 radical (unpaired) electrons. The zero-order valence-corrected chi connectivity index (χ0v) is 17.2. The van der Waals surface area contributed by atoms with Crippen LogP contribution in [0.25, 0.3) is 0 Å². The van der Waals surface area contributed by atoms with Crippen LogP contribution < -0.4 is 15.8 Å². The summed E-state index contributed by atoms with van der Waals surface area (Å²) in [6.45, 7) is 0.780. The van der Waals surface area contributed by atoms with E-state index < -0.39 is 10.0 Å². The first kappa shape index (κ1) is 21.8. The van der Waals surface area contributed by atoms with Gasteiger partial charge in [0.25, 0.3) is 5.91 Å². The number of nitrogens with one attached hydrogen (secondary N) is 2. The van der Waals surface area contributed by atoms with Crippen molar-refractivity contribution in [1.29, 1.82) is 0 Å². The minimum Gasteiger partial charge on any atom is -0.349 e. The molecule has 1 aromatic heterocycles. The van der Waals surface area contributed by atoms with E-state index in [1.54, 1.807) is 12.1 Å². The second-order valence-corrected chi connectivity index (χ2v) is 9.24. The maximum atomic E-state index is 12.5. The van der Waals surface area contributed by atoms with E-state index in [-0.39, 0.29) is 35.8 Å². The molecule has 0 saturated heterocycles. The zero-order valence-electron chi connectivity index (χ0n) is 14.8. The van der Waals surface area contributed by atoms with Crippen molar-refractivity contribution >= 4 is 39.7 Å². The van der Waals surface area contributed by atoms with Gasteiger partial charge in [-0.25, -0.2) is 13.1 Å². The Morgan fingerprint density at radius 1 is 1.22 bits per heavy atom. The molecule has 1 amide bonds. The SMILES string of the molecule is Cl.NCC1CCCC1NC(=O)c1cccc(S(=O)(=O)NCc2cccs2)c1. The lowest BCUT2D eigenvalue weighted by Crippen LogP contribution is -2.39. The van der Waals surface area contributed by atoms with Gasteiger partial charge in [-0.1, -0.05) is 18.6 Å². The fourth-order valence-corrected chi connectivity index (χ4v) is 5.02. The maximum absolute atomic E-state index is 12.5. The molecule has 9 heteroatoms. The minimum absolute atomic E-state index is 0. The lowest BCUT2D eigenvalue weighted by atomic mass is 10.0. The summed E-state index contributed by atoms with van der Waals surface area (Å²) in [4.78, 5) is 13.5. The molecule has 1 aliphatic carbocycles. The second kappa shape index (κ2) is 9.66. The number of nitrogens with two attached hydrogens (primary N) is 1. The Kier molecular flexibility index (Phi) is 7.81. The predicted molar refractivity (Wildman–Crippen MR) is 110 cm³/mol. The summed E-state index contributed by atoms with van der Waals surface area (Å²) in [6, 6.07) is 9.92. The van der Waals surface area contributed by atoms with Crippen molar-refractivity contribution in [3.8, 4) is 0 Å². The number of halogens is 1. The van der Waals surface area contributed by atoms with Crippen molar-refractivity contribution in [2.45, 2.75) is 36.7 Å². The Hall–Kier alpha value is -1.45. The number of carbonyl (C=O) groups is 1. The topological polar surface area (TPSA) is 101 Å². The van der Waals surface area contributed by atoms with Crippen LogP contribution in [0.5, 0.6) is 0 Å². The summed E-state index contributed by atoms with van der Waals surface area (Å²) in [5, 5.41) is 4.89. The smallest absolute Gasteiger partial charge is 0.251 e. The highest BCUT2D eigenvalue weighted by atomic mass is 35.5. The fraction of sp³-hybridized carbons (Fsp3) is 0.389. The molecule has 1 heterocycles. The normalized spacial score (nSPS) is 19.4. The maximum Gasteiger partial charge on any atom is 0.251 e. The Balaban J connectivity index is 0.00000261. The largest absolute Gasteiger partial charge is 0.349 e. The van der Waals surface area contributed by atoms with Crippen LogP contribution in [-0.2, 0) is 16.6 Å². The van der Waals surface area contributed by atoms with Gasteiger partial charge in [0.05, 0.1) is 4.90 Å². The first-order chi connectivity index (χ1) is 12.5. The van der Waals surface area contributed by atoms with Crippen LogP contribution in [0.2, 0.25) is 0 Å². The summed E-state index contributed by atoms with van der Waals surface area (Å²) in [6.07, 6.45) is 2.98. The summed E-state index contributed by atoms with van der Waals surface area (Å²) >= 11 is 1.49. The van der Waals surface area contributed by atoms with Gasteiger partial charge in [0.1, 0.15) is 0 Å². The minimum atomic E-state index is -3.68. The second-order valence-electron chi connectivity index (χ2n) is 6.44. The average molecular weight is 430 g/mol. The molecule has 1 aliphatic rings. The molecular formula is C18H24ClN3O3S2. The molecule has 2 atom stereocenters. The van der Waals surface area contributed by atoms with Crippen molar-refractivity contribution in [3.63, 3.8) is 0 Å². The van der Waals surface area contributed by atoms with Gasteiger partial charge in [-0.05, 0) is 54.9 Å². The fourth-order valence-electron chi connectivity index (χ4n) is 3.23. The highest BCUT2D eigenvalue weighted by molar-refractivity contribution is 7.89. The van der Waals surface area contributed by atoms with Gasteiger partial charge in [0.15, 0.2) is 0 Å². The molecule has 6 nitrogen and oxygen atoms in total. The van der Waals surface area contributed by atoms with E-state index in [2.05, 4.69) is 10.0 Å². The number of hydrogen-bond donors (Lipinski definition) is 3. The van der Waals surface area contributed by atoms with Crippen LogP contribution in [0.3, 0.4) is 0 Å². The van der Waals surface area contributed by atoms with Crippen LogP contribution in [-0.4, -0.2) is 26.9 Å². The molecule has 2 aromatic rings. The van der Waals surface area contributed by atoms with Crippen molar-refractivity contribution in [2.75, 3.05) is 6.54 Å². The van der Waals surface area contributed by atoms with Gasteiger partial charge in [-0.2, -0.15) is 0 Å². The molecule has 4 N–H and O–H groups in total. The molecule has 1 aromatic carbocycles. The Bertz CT molecular complexity index is 856. The van der Waals surface area contributed by atoms with E-state index in [9.17, 15) is 13.2 Å². The van der Waals surface area contributed by atoms with Gasteiger partial charge in [-0.3, -0.25) is 4.79 Å². The molecule has 27 heavy (non-hydrogen) atoms.